The molecular formula is C12H15Cl2NO. The van der Waals surface area contributed by atoms with Crippen molar-refractivity contribution in [2.45, 2.75) is 18.9 Å². The number of aliphatic hydroxyl groups is 1. The highest BCUT2D eigenvalue weighted by Crippen LogP contribution is 2.32. The van der Waals surface area contributed by atoms with Gasteiger partial charge in [0, 0.05) is 22.5 Å². The summed E-state index contributed by atoms with van der Waals surface area (Å²) in [5, 5.41) is 14.7. The average molecular weight is 260 g/mol. The van der Waals surface area contributed by atoms with Crippen LogP contribution in [0, 0.1) is 5.92 Å². The Bertz CT molecular complexity index is 364. The van der Waals surface area contributed by atoms with Gasteiger partial charge in [-0.15, -0.1) is 0 Å². The van der Waals surface area contributed by atoms with Crippen LogP contribution in [0.15, 0.2) is 18.2 Å². The summed E-state index contributed by atoms with van der Waals surface area (Å²) in [5.41, 5.74) is 0.778. The van der Waals surface area contributed by atoms with Crippen molar-refractivity contribution in [2.24, 2.45) is 5.92 Å². The lowest BCUT2D eigenvalue weighted by Gasteiger charge is -2.28. The SMILES string of the molecule is OC(c1ccc(Cl)cc1Cl)C1CCCNC1. The van der Waals surface area contributed by atoms with Gasteiger partial charge in [-0.2, -0.15) is 0 Å². The third-order valence-electron chi connectivity index (χ3n) is 3.06. The van der Waals surface area contributed by atoms with E-state index in [9.17, 15) is 5.11 Å². The third kappa shape index (κ3) is 2.69. The second kappa shape index (κ2) is 5.37. The van der Waals surface area contributed by atoms with Crippen molar-refractivity contribution in [1.29, 1.82) is 0 Å². The van der Waals surface area contributed by atoms with Crippen LogP contribution in [-0.4, -0.2) is 18.2 Å². The van der Waals surface area contributed by atoms with E-state index in [-0.39, 0.29) is 5.92 Å². The number of aliphatic hydroxyl groups excluding tert-OH is 1. The molecule has 88 valence electrons. The molecular weight excluding hydrogens is 245 g/mol. The number of hydrogen-bond donors (Lipinski definition) is 2. The summed E-state index contributed by atoms with van der Waals surface area (Å²) in [4.78, 5) is 0. The van der Waals surface area contributed by atoms with Crippen LogP contribution in [0.2, 0.25) is 10.0 Å². The van der Waals surface area contributed by atoms with Gasteiger partial charge in [-0.25, -0.2) is 0 Å². The summed E-state index contributed by atoms with van der Waals surface area (Å²) in [6.07, 6.45) is 1.64. The van der Waals surface area contributed by atoms with E-state index in [0.29, 0.717) is 10.0 Å². The zero-order valence-corrected chi connectivity index (χ0v) is 10.4. The Kier molecular flexibility index (Phi) is 4.09. The van der Waals surface area contributed by atoms with E-state index in [1.807, 2.05) is 6.07 Å². The maximum Gasteiger partial charge on any atom is 0.0844 e. The molecule has 0 spiro atoms. The summed E-state index contributed by atoms with van der Waals surface area (Å²) in [6, 6.07) is 5.25. The highest BCUT2D eigenvalue weighted by Gasteiger charge is 2.24. The number of piperidine rings is 1. The molecule has 1 heterocycles. The molecule has 0 radical (unpaired) electrons. The van der Waals surface area contributed by atoms with Crippen LogP contribution in [0.5, 0.6) is 0 Å². The first-order valence-corrected chi connectivity index (χ1v) is 6.28. The van der Waals surface area contributed by atoms with Gasteiger partial charge in [0.15, 0.2) is 0 Å². The molecule has 1 saturated heterocycles. The van der Waals surface area contributed by atoms with E-state index in [0.717, 1.165) is 31.5 Å². The van der Waals surface area contributed by atoms with Crippen molar-refractivity contribution in [2.75, 3.05) is 13.1 Å². The number of hydrogen-bond acceptors (Lipinski definition) is 2. The predicted molar refractivity (Wildman–Crippen MR) is 67.0 cm³/mol. The van der Waals surface area contributed by atoms with Crippen molar-refractivity contribution < 1.29 is 5.11 Å². The van der Waals surface area contributed by atoms with Crippen LogP contribution < -0.4 is 5.32 Å². The summed E-state index contributed by atoms with van der Waals surface area (Å²) < 4.78 is 0. The van der Waals surface area contributed by atoms with Gasteiger partial charge in [-0.3, -0.25) is 0 Å². The van der Waals surface area contributed by atoms with E-state index in [1.54, 1.807) is 12.1 Å². The van der Waals surface area contributed by atoms with Gasteiger partial charge >= 0.3 is 0 Å². The Labute approximate surface area is 106 Å². The largest absolute Gasteiger partial charge is 0.388 e. The number of nitrogens with one attached hydrogen (secondary N) is 1. The Morgan fingerprint density at radius 3 is 2.81 bits per heavy atom. The molecule has 2 unspecified atom stereocenters. The molecule has 0 saturated carbocycles. The van der Waals surface area contributed by atoms with Gasteiger partial charge in [0.1, 0.15) is 0 Å². The molecule has 16 heavy (non-hydrogen) atoms. The molecule has 1 aromatic rings. The van der Waals surface area contributed by atoms with Crippen LogP contribution in [0.1, 0.15) is 24.5 Å². The summed E-state index contributed by atoms with van der Waals surface area (Å²) in [7, 11) is 0. The summed E-state index contributed by atoms with van der Waals surface area (Å²) in [6.45, 7) is 1.89. The Morgan fingerprint density at radius 1 is 1.38 bits per heavy atom. The van der Waals surface area contributed by atoms with Crippen LogP contribution in [0.3, 0.4) is 0 Å². The molecule has 2 N–H and O–H groups in total. The fourth-order valence-electron chi connectivity index (χ4n) is 2.14. The van der Waals surface area contributed by atoms with E-state index in [2.05, 4.69) is 5.32 Å². The first-order chi connectivity index (χ1) is 7.68. The van der Waals surface area contributed by atoms with Crippen LogP contribution in [0.4, 0.5) is 0 Å². The van der Waals surface area contributed by atoms with Gasteiger partial charge in [0.05, 0.1) is 6.10 Å². The maximum atomic E-state index is 10.2. The highest BCUT2D eigenvalue weighted by atomic mass is 35.5. The average Bonchev–Trinajstić information content (AvgIpc) is 2.29. The fourth-order valence-corrected chi connectivity index (χ4v) is 2.66. The highest BCUT2D eigenvalue weighted by molar-refractivity contribution is 6.35. The minimum Gasteiger partial charge on any atom is -0.388 e. The molecule has 0 amide bonds. The van der Waals surface area contributed by atoms with Crippen molar-refractivity contribution in [1.82, 2.24) is 5.32 Å². The van der Waals surface area contributed by atoms with Gasteiger partial charge in [-0.05, 0) is 37.1 Å². The lowest BCUT2D eigenvalue weighted by molar-refractivity contribution is 0.0922. The fraction of sp³-hybridized carbons (Fsp3) is 0.500. The lowest BCUT2D eigenvalue weighted by Crippen LogP contribution is -2.33. The van der Waals surface area contributed by atoms with Crippen molar-refractivity contribution in [3.8, 4) is 0 Å². The first-order valence-electron chi connectivity index (χ1n) is 5.52. The van der Waals surface area contributed by atoms with Gasteiger partial charge in [0.2, 0.25) is 0 Å². The molecule has 1 aliphatic rings. The van der Waals surface area contributed by atoms with E-state index < -0.39 is 6.10 Å². The summed E-state index contributed by atoms with van der Waals surface area (Å²) >= 11 is 11.9. The zero-order valence-electron chi connectivity index (χ0n) is 8.92. The van der Waals surface area contributed by atoms with Crippen LogP contribution in [-0.2, 0) is 0 Å². The molecule has 1 aliphatic heterocycles. The van der Waals surface area contributed by atoms with E-state index >= 15 is 0 Å². The van der Waals surface area contributed by atoms with Crippen molar-refractivity contribution in [3.63, 3.8) is 0 Å². The molecule has 0 aromatic heterocycles. The summed E-state index contributed by atoms with van der Waals surface area (Å²) in [5.74, 6) is 0.243. The van der Waals surface area contributed by atoms with Crippen molar-refractivity contribution in [3.05, 3.63) is 33.8 Å². The maximum absolute atomic E-state index is 10.2. The second-order valence-corrected chi connectivity index (χ2v) is 5.06. The first kappa shape index (κ1) is 12.2. The minimum absolute atomic E-state index is 0.243. The number of benzene rings is 1. The van der Waals surface area contributed by atoms with Crippen LogP contribution >= 0.6 is 23.2 Å². The third-order valence-corrected chi connectivity index (χ3v) is 3.63. The van der Waals surface area contributed by atoms with E-state index in [4.69, 9.17) is 23.2 Å². The molecule has 2 rings (SSSR count). The smallest absolute Gasteiger partial charge is 0.0844 e. The minimum atomic E-state index is -0.502. The van der Waals surface area contributed by atoms with Gasteiger partial charge < -0.3 is 10.4 Å². The monoisotopic (exact) mass is 259 g/mol. The van der Waals surface area contributed by atoms with Gasteiger partial charge in [0.25, 0.3) is 0 Å². The Balaban J connectivity index is 2.15. The molecule has 0 bridgehead atoms. The zero-order chi connectivity index (χ0) is 11.5. The molecule has 1 aromatic carbocycles. The molecule has 0 aliphatic carbocycles. The number of rotatable bonds is 2. The Morgan fingerprint density at radius 2 is 2.19 bits per heavy atom. The Hall–Kier alpha value is -0.280. The predicted octanol–water partition coefficient (Wildman–Crippen LogP) is 3.03. The molecule has 4 heteroatoms. The molecule has 1 fully saturated rings. The normalized spacial score (nSPS) is 23.1. The lowest BCUT2D eigenvalue weighted by atomic mass is 9.89. The topological polar surface area (TPSA) is 32.3 Å². The quantitative estimate of drug-likeness (QED) is 0.856. The van der Waals surface area contributed by atoms with Crippen molar-refractivity contribution >= 4 is 23.2 Å². The molecule has 2 nitrogen and oxygen atoms in total. The number of halogens is 2. The van der Waals surface area contributed by atoms with Crippen LogP contribution in [0.25, 0.3) is 0 Å². The second-order valence-electron chi connectivity index (χ2n) is 4.22. The van der Waals surface area contributed by atoms with E-state index in [1.165, 1.54) is 0 Å². The molecule has 2 atom stereocenters. The standard InChI is InChI=1S/C12H15Cl2NO/c13-9-3-4-10(11(14)6-9)12(16)8-2-1-5-15-7-8/h3-4,6,8,12,15-16H,1-2,5,7H2. The van der Waals surface area contributed by atoms with Gasteiger partial charge in [-0.1, -0.05) is 29.3 Å².